The molecule has 5 heteroatoms. The molecule has 0 unspecified atom stereocenters. The van der Waals surface area contributed by atoms with Crippen molar-refractivity contribution in [3.05, 3.63) is 29.8 Å². The maximum atomic E-state index is 11.1. The summed E-state index contributed by atoms with van der Waals surface area (Å²) in [5.41, 5.74) is 0.463. The molecule has 1 aromatic rings. The summed E-state index contributed by atoms with van der Waals surface area (Å²) in [5.74, 6) is -0.754. The maximum Gasteiger partial charge on any atom is 0.337 e. The van der Waals surface area contributed by atoms with Gasteiger partial charge < -0.3 is 8.92 Å². The van der Waals surface area contributed by atoms with Crippen LogP contribution >= 0.6 is 12.0 Å². The molecule has 0 heterocycles. The van der Waals surface area contributed by atoms with Crippen LogP contribution in [-0.4, -0.2) is 19.0 Å². The number of rotatable bonds is 3. The fourth-order valence-electron chi connectivity index (χ4n) is 0.871. The summed E-state index contributed by atoms with van der Waals surface area (Å²) in [6, 6.07) is 6.58. The van der Waals surface area contributed by atoms with Crippen LogP contribution in [0.3, 0.4) is 0 Å². The summed E-state index contributed by atoms with van der Waals surface area (Å²) in [6.45, 7) is 1.33. The number of hydrogen-bond donors (Lipinski definition) is 0. The highest BCUT2D eigenvalue weighted by molar-refractivity contribution is 7.95. The van der Waals surface area contributed by atoms with E-state index < -0.39 is 0 Å². The second-order valence-corrected chi connectivity index (χ2v) is 3.48. The Morgan fingerprint density at radius 1 is 1.20 bits per heavy atom. The highest BCUT2D eigenvalue weighted by atomic mass is 32.2. The Labute approximate surface area is 91.8 Å². The topological polar surface area (TPSA) is 52.6 Å². The van der Waals surface area contributed by atoms with Gasteiger partial charge in [0.05, 0.1) is 24.7 Å². The van der Waals surface area contributed by atoms with Crippen LogP contribution in [0.1, 0.15) is 17.3 Å². The minimum atomic E-state index is -0.390. The first-order valence-electron chi connectivity index (χ1n) is 4.17. The third kappa shape index (κ3) is 3.63. The Morgan fingerprint density at radius 2 is 1.80 bits per heavy atom. The molecule has 0 bridgehead atoms. The van der Waals surface area contributed by atoms with Gasteiger partial charge in [0, 0.05) is 11.8 Å². The summed E-state index contributed by atoms with van der Waals surface area (Å²) < 4.78 is 9.26. The molecule has 0 saturated heterocycles. The van der Waals surface area contributed by atoms with Crippen molar-refractivity contribution in [2.24, 2.45) is 0 Å². The molecular formula is C10H10O4S. The predicted octanol–water partition coefficient (Wildman–Crippen LogP) is 2.04. The van der Waals surface area contributed by atoms with Crippen LogP contribution in [-0.2, 0) is 13.7 Å². The van der Waals surface area contributed by atoms with Crippen molar-refractivity contribution in [2.75, 3.05) is 7.11 Å². The summed E-state index contributed by atoms with van der Waals surface area (Å²) in [7, 11) is 1.32. The molecule has 0 aliphatic rings. The molecule has 0 atom stereocenters. The number of hydrogen-bond acceptors (Lipinski definition) is 5. The lowest BCUT2D eigenvalue weighted by atomic mass is 10.2. The molecule has 0 amide bonds. The van der Waals surface area contributed by atoms with Gasteiger partial charge in [0.25, 0.3) is 0 Å². The zero-order valence-electron chi connectivity index (χ0n) is 8.35. The molecule has 0 spiro atoms. The van der Waals surface area contributed by atoms with Crippen LogP contribution in [0.5, 0.6) is 0 Å². The quantitative estimate of drug-likeness (QED) is 0.583. The van der Waals surface area contributed by atoms with Crippen molar-refractivity contribution in [3.8, 4) is 0 Å². The van der Waals surface area contributed by atoms with Crippen molar-refractivity contribution in [1.29, 1.82) is 0 Å². The Kier molecular flexibility index (Phi) is 4.17. The lowest BCUT2D eigenvalue weighted by molar-refractivity contribution is -0.130. The van der Waals surface area contributed by atoms with Gasteiger partial charge in [-0.1, -0.05) is 0 Å². The van der Waals surface area contributed by atoms with Crippen LogP contribution < -0.4 is 0 Å². The van der Waals surface area contributed by atoms with Gasteiger partial charge in [-0.05, 0) is 24.3 Å². The summed E-state index contributed by atoms with van der Waals surface area (Å²) in [6.07, 6.45) is 0. The molecule has 0 radical (unpaired) electrons. The van der Waals surface area contributed by atoms with E-state index in [4.69, 9.17) is 4.18 Å². The Balaban J connectivity index is 2.64. The van der Waals surface area contributed by atoms with Gasteiger partial charge in [-0.2, -0.15) is 0 Å². The third-order valence-electron chi connectivity index (χ3n) is 1.53. The zero-order chi connectivity index (χ0) is 11.3. The van der Waals surface area contributed by atoms with Gasteiger partial charge in [0.15, 0.2) is 0 Å². The van der Waals surface area contributed by atoms with Crippen LogP contribution in [0.2, 0.25) is 0 Å². The molecule has 0 fully saturated rings. The molecule has 1 rings (SSSR count). The first-order chi connectivity index (χ1) is 7.13. The second kappa shape index (κ2) is 5.41. The normalized spacial score (nSPS) is 9.47. The van der Waals surface area contributed by atoms with E-state index in [2.05, 4.69) is 4.74 Å². The maximum absolute atomic E-state index is 11.1. The average molecular weight is 226 g/mol. The smallest absolute Gasteiger partial charge is 0.337 e. The van der Waals surface area contributed by atoms with E-state index in [-0.39, 0.29) is 11.9 Å². The fraction of sp³-hybridized carbons (Fsp3) is 0.200. The summed E-state index contributed by atoms with van der Waals surface area (Å²) in [4.78, 5) is 22.3. The fourth-order valence-corrected chi connectivity index (χ4v) is 1.33. The van der Waals surface area contributed by atoms with Gasteiger partial charge >= 0.3 is 11.9 Å². The molecule has 80 valence electrons. The Morgan fingerprint density at radius 3 is 2.27 bits per heavy atom. The molecule has 15 heavy (non-hydrogen) atoms. The SMILES string of the molecule is COC(=O)c1ccc(SOC(C)=O)cc1. The standard InChI is InChI=1S/C10H10O4S/c1-7(11)14-15-9-5-3-8(4-6-9)10(12)13-2/h3-6H,1-2H3. The predicted molar refractivity (Wildman–Crippen MR) is 55.4 cm³/mol. The number of benzene rings is 1. The lowest BCUT2D eigenvalue weighted by Gasteiger charge is -2.01. The number of esters is 1. The van der Waals surface area contributed by atoms with Gasteiger partial charge in [-0.3, -0.25) is 4.79 Å². The highest BCUT2D eigenvalue weighted by Gasteiger charge is 2.05. The first-order valence-corrected chi connectivity index (χ1v) is 4.91. The van der Waals surface area contributed by atoms with E-state index in [1.165, 1.54) is 14.0 Å². The van der Waals surface area contributed by atoms with Gasteiger partial charge in [0.2, 0.25) is 0 Å². The Bertz CT molecular complexity index is 358. The molecular weight excluding hydrogens is 216 g/mol. The molecule has 4 nitrogen and oxygen atoms in total. The van der Waals surface area contributed by atoms with Gasteiger partial charge in [-0.15, -0.1) is 0 Å². The molecule has 0 aromatic heterocycles. The van der Waals surface area contributed by atoms with E-state index in [0.29, 0.717) is 5.56 Å². The van der Waals surface area contributed by atoms with Crippen molar-refractivity contribution >= 4 is 24.0 Å². The van der Waals surface area contributed by atoms with Crippen LogP contribution in [0, 0.1) is 0 Å². The molecule has 0 saturated carbocycles. The lowest BCUT2D eigenvalue weighted by Crippen LogP contribution is -2.00. The van der Waals surface area contributed by atoms with E-state index in [1.54, 1.807) is 24.3 Å². The van der Waals surface area contributed by atoms with E-state index in [0.717, 1.165) is 16.9 Å². The van der Waals surface area contributed by atoms with E-state index >= 15 is 0 Å². The van der Waals surface area contributed by atoms with Crippen molar-refractivity contribution in [1.82, 2.24) is 0 Å². The van der Waals surface area contributed by atoms with Crippen molar-refractivity contribution in [3.63, 3.8) is 0 Å². The number of carbonyl (C=O) groups is 2. The van der Waals surface area contributed by atoms with Gasteiger partial charge in [-0.25, -0.2) is 4.79 Å². The molecule has 1 aromatic carbocycles. The largest absolute Gasteiger partial charge is 0.465 e. The molecule has 0 N–H and O–H groups in total. The zero-order valence-corrected chi connectivity index (χ0v) is 9.17. The van der Waals surface area contributed by atoms with Crippen LogP contribution in [0.15, 0.2) is 29.2 Å². The Hall–Kier alpha value is -1.49. The van der Waals surface area contributed by atoms with E-state index in [9.17, 15) is 9.59 Å². The average Bonchev–Trinajstić information content (AvgIpc) is 2.26. The van der Waals surface area contributed by atoms with Crippen molar-refractivity contribution in [2.45, 2.75) is 11.8 Å². The number of carbonyl (C=O) groups excluding carboxylic acids is 2. The minimum Gasteiger partial charge on any atom is -0.465 e. The monoisotopic (exact) mass is 226 g/mol. The van der Waals surface area contributed by atoms with E-state index in [1.807, 2.05) is 0 Å². The van der Waals surface area contributed by atoms with Crippen LogP contribution in [0.4, 0.5) is 0 Å². The van der Waals surface area contributed by atoms with Crippen LogP contribution in [0.25, 0.3) is 0 Å². The second-order valence-electron chi connectivity index (χ2n) is 2.67. The summed E-state index contributed by atoms with van der Waals surface area (Å²) >= 11 is 0.955. The molecule has 0 aliphatic heterocycles. The molecule has 0 aliphatic carbocycles. The minimum absolute atomic E-state index is 0.364. The highest BCUT2D eigenvalue weighted by Crippen LogP contribution is 2.19. The summed E-state index contributed by atoms with van der Waals surface area (Å²) in [5, 5.41) is 0. The first kappa shape index (κ1) is 11.6. The number of methoxy groups -OCH3 is 1. The van der Waals surface area contributed by atoms with Gasteiger partial charge in [0.1, 0.15) is 0 Å². The third-order valence-corrected chi connectivity index (χ3v) is 2.31. The van der Waals surface area contributed by atoms with Crippen molar-refractivity contribution < 1.29 is 18.5 Å². The number of ether oxygens (including phenoxy) is 1.